The highest BCUT2D eigenvalue weighted by molar-refractivity contribution is 7.17. The van der Waals surface area contributed by atoms with Gasteiger partial charge in [0.25, 0.3) is 11.8 Å². The first-order valence-electron chi connectivity index (χ1n) is 11.5. The fourth-order valence-electron chi connectivity index (χ4n) is 3.01. The number of halogens is 2. The molecular weight excluding hydrogens is 619 g/mol. The molecule has 0 saturated carbocycles. The van der Waals surface area contributed by atoms with Crippen LogP contribution in [0.5, 0.6) is 0 Å². The molecule has 2 aromatic heterocycles. The molecule has 0 spiro atoms. The minimum absolute atomic E-state index is 0.180. The van der Waals surface area contributed by atoms with Gasteiger partial charge in [0, 0.05) is 21.2 Å². The Kier molecular flexibility index (Phi) is 11.0. The van der Waals surface area contributed by atoms with Crippen molar-refractivity contribution in [2.45, 2.75) is 0 Å². The molecule has 10 N–H and O–H groups in total. The molecule has 6 amide bonds. The van der Waals surface area contributed by atoms with Gasteiger partial charge in [-0.25, -0.2) is 9.59 Å². The average Bonchev–Trinajstić information content (AvgIpc) is 3.51. The van der Waals surface area contributed by atoms with Crippen LogP contribution in [0.15, 0.2) is 60.7 Å². The molecule has 0 bridgehead atoms. The van der Waals surface area contributed by atoms with Crippen molar-refractivity contribution >= 4 is 79.8 Å². The number of benzene rings is 2. The predicted octanol–water partition coefficient (Wildman–Crippen LogP) is 4.78. The molecule has 0 fully saturated rings. The van der Waals surface area contributed by atoms with E-state index in [1.807, 2.05) is 0 Å². The quantitative estimate of drug-likeness (QED) is 0.175. The summed E-state index contributed by atoms with van der Waals surface area (Å²) in [5.41, 5.74) is 22.5. The molecule has 0 aliphatic heterocycles. The maximum atomic E-state index is 11.3. The number of nitrogens with one attached hydrogen (secondary N) is 2. The van der Waals surface area contributed by atoms with Crippen molar-refractivity contribution in [3.05, 3.63) is 103 Å². The summed E-state index contributed by atoms with van der Waals surface area (Å²) in [7, 11) is 0. The minimum Gasteiger partial charge on any atom is -0.366 e. The molecule has 42 heavy (non-hydrogen) atoms. The molecule has 4 rings (SSSR count). The molecule has 212 valence electrons. The molecule has 0 unspecified atom stereocenters. The van der Waals surface area contributed by atoms with E-state index in [1.165, 1.54) is 12.1 Å². The zero-order chi connectivity index (χ0) is 30.8. The monoisotopic (exact) mass is 638 g/mol. The fourth-order valence-corrected chi connectivity index (χ4v) is 5.11. The van der Waals surface area contributed by atoms with Crippen LogP contribution in [0, 0.1) is 23.7 Å². The molecular formula is C28H20Cl2N6O4S2. The molecule has 0 aliphatic carbocycles. The highest BCUT2D eigenvalue weighted by Crippen LogP contribution is 2.28. The zero-order valence-corrected chi connectivity index (χ0v) is 24.4. The van der Waals surface area contributed by atoms with E-state index in [0.29, 0.717) is 19.8 Å². The van der Waals surface area contributed by atoms with Gasteiger partial charge in [-0.1, -0.05) is 46.9 Å². The first-order valence-corrected chi connectivity index (χ1v) is 13.9. The van der Waals surface area contributed by atoms with Crippen LogP contribution < -0.4 is 33.6 Å². The largest absolute Gasteiger partial charge is 0.366 e. The van der Waals surface area contributed by atoms with Crippen molar-refractivity contribution in [2.75, 3.05) is 10.6 Å². The van der Waals surface area contributed by atoms with Gasteiger partial charge >= 0.3 is 12.1 Å². The van der Waals surface area contributed by atoms with Gasteiger partial charge in [0.2, 0.25) is 0 Å². The van der Waals surface area contributed by atoms with E-state index in [-0.39, 0.29) is 21.1 Å². The van der Waals surface area contributed by atoms with Gasteiger partial charge in [-0.2, -0.15) is 0 Å². The third-order valence-corrected chi connectivity index (χ3v) is 7.25. The molecule has 2 aromatic carbocycles. The van der Waals surface area contributed by atoms with Crippen LogP contribution in [-0.4, -0.2) is 23.9 Å². The Bertz CT molecular complexity index is 1650. The lowest BCUT2D eigenvalue weighted by atomic mass is 10.2. The highest BCUT2D eigenvalue weighted by atomic mass is 35.5. The van der Waals surface area contributed by atoms with Gasteiger partial charge in [-0.15, -0.1) is 22.7 Å². The number of amides is 6. The number of hydrogen-bond donors (Lipinski definition) is 6. The van der Waals surface area contributed by atoms with Crippen LogP contribution in [0.3, 0.4) is 0 Å². The second kappa shape index (κ2) is 14.6. The average molecular weight is 640 g/mol. The van der Waals surface area contributed by atoms with Gasteiger partial charge < -0.3 is 22.9 Å². The van der Waals surface area contributed by atoms with Crippen LogP contribution >= 0.6 is 45.9 Å². The maximum Gasteiger partial charge on any atom is 0.317 e. The van der Waals surface area contributed by atoms with Crippen LogP contribution in [0.1, 0.15) is 41.6 Å². The lowest BCUT2D eigenvalue weighted by molar-refractivity contribution is 0.0993. The maximum absolute atomic E-state index is 11.3. The number of rotatable bonds is 4. The molecule has 2 heterocycles. The molecule has 4 aromatic rings. The van der Waals surface area contributed by atoms with E-state index < -0.39 is 23.9 Å². The summed E-state index contributed by atoms with van der Waals surface area (Å²) in [4.78, 5) is 45.5. The Morgan fingerprint density at radius 1 is 0.571 bits per heavy atom. The summed E-state index contributed by atoms with van der Waals surface area (Å²) in [5, 5.41) is 6.53. The van der Waals surface area contributed by atoms with E-state index in [4.69, 9.17) is 46.1 Å². The number of anilines is 2. The topological polar surface area (TPSA) is 196 Å². The van der Waals surface area contributed by atoms with Gasteiger partial charge in [0.15, 0.2) is 0 Å². The lowest BCUT2D eigenvalue weighted by Gasteiger charge is -1.98. The second-order valence-electron chi connectivity index (χ2n) is 7.93. The van der Waals surface area contributed by atoms with Crippen LogP contribution in [-0.2, 0) is 0 Å². The first kappa shape index (κ1) is 31.5. The molecule has 0 radical (unpaired) electrons. The Balaban J connectivity index is 0.000000230. The summed E-state index contributed by atoms with van der Waals surface area (Å²) < 4.78 is 0. The summed E-state index contributed by atoms with van der Waals surface area (Å²) >= 11 is 13.8. The fraction of sp³-hybridized carbons (Fsp3) is 0. The van der Waals surface area contributed by atoms with Crippen molar-refractivity contribution in [1.82, 2.24) is 0 Å². The summed E-state index contributed by atoms with van der Waals surface area (Å²) in [6.45, 7) is 0. The van der Waals surface area contributed by atoms with E-state index >= 15 is 0 Å². The highest BCUT2D eigenvalue weighted by Gasteiger charge is 2.15. The van der Waals surface area contributed by atoms with Gasteiger partial charge in [-0.3, -0.25) is 20.2 Å². The number of primary amides is 4. The first-order chi connectivity index (χ1) is 19.9. The SMILES string of the molecule is NC(=O)Nc1sc(C#Cc2ccc(Cl)cc2)cc1C(N)=O.NC(=O)Nc1sc(C#Cc2ccc(Cl)cc2)cc1C(N)=O. The van der Waals surface area contributed by atoms with Crippen molar-refractivity contribution in [3.8, 4) is 23.7 Å². The number of carbonyl (C=O) groups is 4. The Labute approximate surface area is 258 Å². The lowest BCUT2D eigenvalue weighted by Crippen LogP contribution is -2.21. The number of hydrogen-bond acceptors (Lipinski definition) is 6. The van der Waals surface area contributed by atoms with Crippen LogP contribution in [0.25, 0.3) is 0 Å². The summed E-state index contributed by atoms with van der Waals surface area (Å²) in [6.07, 6.45) is 0. The van der Waals surface area contributed by atoms with Crippen LogP contribution in [0.2, 0.25) is 10.0 Å². The second-order valence-corrected chi connectivity index (χ2v) is 10.9. The Morgan fingerprint density at radius 2 is 0.905 bits per heavy atom. The van der Waals surface area contributed by atoms with Gasteiger partial charge in [-0.05, 0) is 60.7 Å². The molecule has 0 saturated heterocycles. The van der Waals surface area contributed by atoms with E-state index in [9.17, 15) is 19.2 Å². The number of nitrogens with two attached hydrogens (primary N) is 4. The molecule has 14 heteroatoms. The van der Waals surface area contributed by atoms with Crippen molar-refractivity contribution in [2.24, 2.45) is 22.9 Å². The van der Waals surface area contributed by atoms with E-state index in [2.05, 4.69) is 34.3 Å². The minimum atomic E-state index is -0.767. The zero-order valence-electron chi connectivity index (χ0n) is 21.3. The summed E-state index contributed by atoms with van der Waals surface area (Å²) in [5.74, 6) is 10.3. The Morgan fingerprint density at radius 3 is 1.19 bits per heavy atom. The van der Waals surface area contributed by atoms with Crippen LogP contribution in [0.4, 0.5) is 19.6 Å². The van der Waals surface area contributed by atoms with Gasteiger partial charge in [0.1, 0.15) is 10.0 Å². The normalized spacial score (nSPS) is 9.57. The van der Waals surface area contributed by atoms with E-state index in [1.54, 1.807) is 48.5 Å². The predicted molar refractivity (Wildman–Crippen MR) is 167 cm³/mol. The molecule has 10 nitrogen and oxygen atoms in total. The smallest absolute Gasteiger partial charge is 0.317 e. The van der Waals surface area contributed by atoms with Crippen molar-refractivity contribution in [3.63, 3.8) is 0 Å². The number of urea groups is 2. The van der Waals surface area contributed by atoms with Crippen molar-refractivity contribution < 1.29 is 19.2 Å². The standard InChI is InChI=1S/2C14H10ClN3O2S/c2*15-9-4-1-8(2-5-9)3-6-10-7-11(12(16)19)13(21-10)18-14(17)20/h2*1-2,4-5,7H,(H2,16,19)(H3,17,18,20). The molecule has 0 aliphatic rings. The van der Waals surface area contributed by atoms with Crippen molar-refractivity contribution in [1.29, 1.82) is 0 Å². The third kappa shape index (κ3) is 9.59. The van der Waals surface area contributed by atoms with E-state index in [0.717, 1.165) is 33.8 Å². The molecule has 0 atom stereocenters. The summed E-state index contributed by atoms with van der Waals surface area (Å²) in [6, 6.07) is 15.5. The van der Waals surface area contributed by atoms with Gasteiger partial charge in [0.05, 0.1) is 20.9 Å². The number of carbonyl (C=O) groups excluding carboxylic acids is 4. The third-order valence-electron chi connectivity index (χ3n) is 4.82. The Hall–Kier alpha value is -4.98. The number of thiophene rings is 2.